The van der Waals surface area contributed by atoms with Gasteiger partial charge < -0.3 is 15.0 Å². The van der Waals surface area contributed by atoms with Gasteiger partial charge in [-0.1, -0.05) is 77.6 Å². The number of ether oxygens (including phenoxy) is 1. The van der Waals surface area contributed by atoms with E-state index in [2.05, 4.69) is 10.3 Å². The lowest BCUT2D eigenvalue weighted by atomic mass is 9.68. The van der Waals surface area contributed by atoms with E-state index in [9.17, 15) is 19.2 Å². The van der Waals surface area contributed by atoms with Crippen LogP contribution in [0.1, 0.15) is 28.3 Å². The van der Waals surface area contributed by atoms with Gasteiger partial charge in [0.15, 0.2) is 6.61 Å². The summed E-state index contributed by atoms with van der Waals surface area (Å²) >= 11 is 2.89. The number of thioether (sulfide) groups is 1. The van der Waals surface area contributed by atoms with Crippen LogP contribution in [-0.2, 0) is 14.4 Å². The van der Waals surface area contributed by atoms with Crippen LogP contribution < -0.4 is 19.8 Å². The summed E-state index contributed by atoms with van der Waals surface area (Å²) in [6, 6.07) is 29.0. The van der Waals surface area contributed by atoms with Crippen molar-refractivity contribution >= 4 is 63.0 Å². The van der Waals surface area contributed by atoms with Gasteiger partial charge >= 0.3 is 4.87 Å². The number of nitrogens with zero attached hydrogens (tertiary/aromatic N) is 1. The van der Waals surface area contributed by atoms with Gasteiger partial charge in [-0.05, 0) is 72.4 Å². The highest BCUT2D eigenvalue weighted by molar-refractivity contribution is 8.00. The second-order valence-corrected chi connectivity index (χ2v) is 15.4. The number of anilines is 2. The number of carbonyl (C=O) groups excluding carboxylic acids is 3. The Morgan fingerprint density at radius 2 is 1.67 bits per heavy atom. The molecule has 9 rings (SSSR count). The standard InChI is InChI=1S/C38H31N3O5S2/c1-19-12-14-22(15-13-19)41-36(43)31-25-17-26(32(31)37(41)44)33-30(25)29(34-35(47-33)40-38(45)48-34)21-8-4-9-23(16-21)46-18-28(42)39-27-11-5-7-20-6-2-3-10-24(20)27/h2-16,25-26,29-33H,17-18H2,1H3,(H,39,42)(H,40,45)/t25-,26-,29-,30?,31?,32?,33?/m1/s1. The molecule has 0 spiro atoms. The van der Waals surface area contributed by atoms with E-state index in [4.69, 9.17) is 4.74 Å². The predicted octanol–water partition coefficient (Wildman–Crippen LogP) is 6.59. The number of fused-ring (bicyclic) bond motifs is 10. The average Bonchev–Trinajstić information content (AvgIpc) is 3.83. The van der Waals surface area contributed by atoms with E-state index >= 15 is 0 Å². The normalized spacial score (nSPS) is 26.8. The Balaban J connectivity index is 0.999. The van der Waals surface area contributed by atoms with Gasteiger partial charge in [0.05, 0.1) is 22.5 Å². The molecule has 4 aliphatic rings. The zero-order valence-electron chi connectivity index (χ0n) is 25.9. The largest absolute Gasteiger partial charge is 0.484 e. The number of aryl methyl sites for hydroxylation is 1. The third-order valence-electron chi connectivity index (χ3n) is 10.7. The van der Waals surface area contributed by atoms with Gasteiger partial charge in [0, 0.05) is 27.1 Å². The maximum Gasteiger partial charge on any atom is 0.305 e. The minimum Gasteiger partial charge on any atom is -0.484 e. The van der Waals surface area contributed by atoms with E-state index in [1.54, 1.807) is 11.8 Å². The van der Waals surface area contributed by atoms with Crippen LogP contribution in [0.4, 0.5) is 11.4 Å². The molecule has 1 saturated heterocycles. The van der Waals surface area contributed by atoms with E-state index < -0.39 is 0 Å². The zero-order valence-corrected chi connectivity index (χ0v) is 27.6. The summed E-state index contributed by atoms with van der Waals surface area (Å²) in [5.41, 5.74) is 3.41. The topological polar surface area (TPSA) is 109 Å². The molecular formula is C38H31N3O5S2. The van der Waals surface area contributed by atoms with Gasteiger partial charge in [0.2, 0.25) is 11.8 Å². The molecule has 240 valence electrons. The Hall–Kier alpha value is -4.67. The number of hydrogen-bond acceptors (Lipinski definition) is 7. The first kappa shape index (κ1) is 29.5. The number of imide groups is 1. The molecule has 7 atom stereocenters. The number of nitrogens with one attached hydrogen (secondary N) is 2. The molecule has 2 saturated carbocycles. The maximum atomic E-state index is 14.0. The van der Waals surface area contributed by atoms with Crippen molar-refractivity contribution in [1.29, 1.82) is 0 Å². The molecule has 8 nitrogen and oxygen atoms in total. The van der Waals surface area contributed by atoms with Crippen LogP contribution in [-0.4, -0.2) is 34.6 Å². The van der Waals surface area contributed by atoms with Crippen LogP contribution >= 0.6 is 23.1 Å². The molecule has 2 N–H and O–H groups in total. The Morgan fingerprint density at radius 3 is 2.50 bits per heavy atom. The number of aromatic nitrogens is 1. The average molecular weight is 674 g/mol. The number of hydrogen-bond donors (Lipinski definition) is 2. The molecule has 3 amide bonds. The van der Waals surface area contributed by atoms with Crippen molar-refractivity contribution in [3.05, 3.63) is 117 Å². The van der Waals surface area contributed by atoms with Crippen molar-refractivity contribution < 1.29 is 19.1 Å². The van der Waals surface area contributed by atoms with E-state index in [1.165, 1.54) is 16.2 Å². The summed E-state index contributed by atoms with van der Waals surface area (Å²) < 4.78 is 6.03. The molecule has 2 aliphatic heterocycles. The summed E-state index contributed by atoms with van der Waals surface area (Å²) in [5.74, 6) is -0.659. The molecule has 5 aromatic rings. The molecular weight excluding hydrogens is 643 g/mol. The molecule has 4 unspecified atom stereocenters. The van der Waals surface area contributed by atoms with Crippen molar-refractivity contribution in [2.75, 3.05) is 16.8 Å². The van der Waals surface area contributed by atoms with Gasteiger partial charge in [-0.3, -0.25) is 24.1 Å². The zero-order chi connectivity index (χ0) is 32.7. The Kier molecular flexibility index (Phi) is 6.88. The quantitative estimate of drug-likeness (QED) is 0.197. The minimum absolute atomic E-state index is 0.01000. The highest BCUT2D eigenvalue weighted by Crippen LogP contribution is 2.68. The molecule has 0 radical (unpaired) electrons. The first-order valence-corrected chi connectivity index (χ1v) is 17.9. The summed E-state index contributed by atoms with van der Waals surface area (Å²) in [5, 5.41) is 5.92. The lowest BCUT2D eigenvalue weighted by Gasteiger charge is -2.43. The van der Waals surface area contributed by atoms with Crippen LogP contribution in [0.25, 0.3) is 10.8 Å². The summed E-state index contributed by atoms with van der Waals surface area (Å²) in [6.45, 7) is 1.82. The molecule has 3 heterocycles. The van der Waals surface area contributed by atoms with Crippen LogP contribution in [0.5, 0.6) is 5.75 Å². The van der Waals surface area contributed by atoms with Gasteiger partial charge in [0.25, 0.3) is 5.91 Å². The van der Waals surface area contributed by atoms with E-state index in [-0.39, 0.29) is 70.0 Å². The summed E-state index contributed by atoms with van der Waals surface area (Å²) in [4.78, 5) is 58.9. The number of benzene rings is 4. The van der Waals surface area contributed by atoms with E-state index in [1.807, 2.05) is 97.9 Å². The van der Waals surface area contributed by atoms with Crippen LogP contribution in [0.15, 0.2) is 101 Å². The molecule has 10 heteroatoms. The molecule has 2 aliphatic carbocycles. The second-order valence-electron chi connectivity index (χ2n) is 13.2. The monoisotopic (exact) mass is 673 g/mol. The smallest absolute Gasteiger partial charge is 0.305 e. The van der Waals surface area contributed by atoms with Crippen molar-refractivity contribution in [1.82, 2.24) is 4.98 Å². The van der Waals surface area contributed by atoms with Crippen LogP contribution in [0, 0.1) is 36.5 Å². The highest BCUT2D eigenvalue weighted by Gasteiger charge is 2.69. The maximum absolute atomic E-state index is 14.0. The van der Waals surface area contributed by atoms with E-state index in [0.29, 0.717) is 11.4 Å². The number of thiazole rings is 1. The second kappa shape index (κ2) is 11.2. The van der Waals surface area contributed by atoms with Crippen LogP contribution in [0.2, 0.25) is 0 Å². The SMILES string of the molecule is Cc1ccc(N2C(=O)C3C(C2=O)[C@@H]2C[C@H]3C3Sc4[nH]c(=O)sc4[C@H](c4cccc(OCC(=O)Nc5cccc6ccccc56)c4)C32)cc1. The predicted molar refractivity (Wildman–Crippen MR) is 187 cm³/mol. The first-order valence-electron chi connectivity index (χ1n) is 16.2. The molecule has 2 bridgehead atoms. The first-order chi connectivity index (χ1) is 23.4. The van der Waals surface area contributed by atoms with Gasteiger partial charge in [0.1, 0.15) is 5.75 Å². The fourth-order valence-electron chi connectivity index (χ4n) is 8.81. The number of aromatic amines is 1. The van der Waals surface area contributed by atoms with Crippen molar-refractivity contribution in [3.8, 4) is 5.75 Å². The van der Waals surface area contributed by atoms with Gasteiger partial charge in [-0.2, -0.15) is 0 Å². The summed E-state index contributed by atoms with van der Waals surface area (Å²) in [7, 11) is 0. The minimum atomic E-state index is -0.373. The third-order valence-corrected chi connectivity index (χ3v) is 13.3. The number of amides is 3. The van der Waals surface area contributed by atoms with Crippen molar-refractivity contribution in [2.45, 2.75) is 29.5 Å². The van der Waals surface area contributed by atoms with E-state index in [0.717, 1.165) is 43.9 Å². The van der Waals surface area contributed by atoms with Crippen LogP contribution in [0.3, 0.4) is 0 Å². The fourth-order valence-corrected chi connectivity index (χ4v) is 11.7. The lowest BCUT2D eigenvalue weighted by molar-refractivity contribution is -0.123. The van der Waals surface area contributed by atoms with Gasteiger partial charge in [-0.25, -0.2) is 0 Å². The Labute approximate surface area is 284 Å². The third kappa shape index (κ3) is 4.57. The lowest BCUT2D eigenvalue weighted by Crippen LogP contribution is -2.42. The molecule has 3 fully saturated rings. The molecule has 48 heavy (non-hydrogen) atoms. The van der Waals surface area contributed by atoms with Gasteiger partial charge in [-0.15, -0.1) is 11.8 Å². The number of rotatable bonds is 6. The Morgan fingerprint density at radius 1 is 0.917 bits per heavy atom. The number of H-pyrrole nitrogens is 1. The van der Waals surface area contributed by atoms with Crippen molar-refractivity contribution in [3.63, 3.8) is 0 Å². The molecule has 4 aromatic carbocycles. The Bertz CT molecular complexity index is 2190. The summed E-state index contributed by atoms with van der Waals surface area (Å²) in [6.07, 6.45) is 0.817. The number of carbonyl (C=O) groups is 3. The highest BCUT2D eigenvalue weighted by atomic mass is 32.2. The van der Waals surface area contributed by atoms with Crippen molar-refractivity contribution in [2.24, 2.45) is 29.6 Å². The fraction of sp³-hybridized carbons (Fsp3) is 0.263. The molecule has 1 aromatic heterocycles.